The minimum absolute atomic E-state index is 0.110. The predicted octanol–water partition coefficient (Wildman–Crippen LogP) is 0.887. The molecule has 3 rings (SSSR count). The lowest BCUT2D eigenvalue weighted by molar-refractivity contribution is -0.131. The van der Waals surface area contributed by atoms with Crippen molar-refractivity contribution in [2.75, 3.05) is 40.3 Å². The van der Waals surface area contributed by atoms with Gasteiger partial charge < -0.3 is 9.80 Å². The highest BCUT2D eigenvalue weighted by molar-refractivity contribution is 7.90. The number of sulfonamides is 1. The van der Waals surface area contributed by atoms with Crippen LogP contribution in [-0.4, -0.2) is 79.5 Å². The average Bonchev–Trinajstić information content (AvgIpc) is 3.29. The highest BCUT2D eigenvalue weighted by Crippen LogP contribution is 2.40. The number of likely N-dealkylation sites (tertiary alicyclic amines) is 1. The molecule has 1 spiro atoms. The van der Waals surface area contributed by atoms with Gasteiger partial charge in [0, 0.05) is 38.1 Å². The zero-order valence-electron chi connectivity index (χ0n) is 14.3. The standard InChI is InChI=1S/C16H29N3O3S/c1-17(2)12-13-19-15(20)6-8-16(19)7-3-10-18(11-9-16)23(21,22)14-4-5-14/h14H,3-13H2,1-2H3/t16-/m0/s1. The third kappa shape index (κ3) is 3.42. The van der Waals surface area contributed by atoms with Gasteiger partial charge in [-0.3, -0.25) is 4.79 Å². The number of amides is 1. The Bertz CT molecular complexity index is 559. The minimum Gasteiger partial charge on any atom is -0.336 e. The quantitative estimate of drug-likeness (QED) is 0.744. The van der Waals surface area contributed by atoms with Crippen LogP contribution in [-0.2, 0) is 14.8 Å². The summed E-state index contributed by atoms with van der Waals surface area (Å²) in [5.74, 6) is 0.241. The summed E-state index contributed by atoms with van der Waals surface area (Å²) in [5, 5.41) is -0.133. The summed E-state index contributed by atoms with van der Waals surface area (Å²) in [6, 6.07) is 0. The molecule has 6 nitrogen and oxygen atoms in total. The van der Waals surface area contributed by atoms with Crippen molar-refractivity contribution in [1.29, 1.82) is 0 Å². The fourth-order valence-electron chi connectivity index (χ4n) is 4.04. The van der Waals surface area contributed by atoms with Crippen LogP contribution in [0.4, 0.5) is 0 Å². The third-order valence-corrected chi connectivity index (χ3v) is 8.03. The molecule has 23 heavy (non-hydrogen) atoms. The first-order valence-corrected chi connectivity index (χ1v) is 10.3. The van der Waals surface area contributed by atoms with Crippen molar-refractivity contribution in [3.63, 3.8) is 0 Å². The van der Waals surface area contributed by atoms with E-state index in [1.54, 1.807) is 4.31 Å². The molecule has 0 radical (unpaired) electrons. The predicted molar refractivity (Wildman–Crippen MR) is 89.6 cm³/mol. The zero-order chi connectivity index (χ0) is 16.7. The van der Waals surface area contributed by atoms with Crippen molar-refractivity contribution in [1.82, 2.24) is 14.1 Å². The van der Waals surface area contributed by atoms with Crippen molar-refractivity contribution >= 4 is 15.9 Å². The van der Waals surface area contributed by atoms with Crippen molar-refractivity contribution in [3.8, 4) is 0 Å². The Morgan fingerprint density at radius 3 is 2.57 bits per heavy atom. The van der Waals surface area contributed by atoms with E-state index in [1.807, 2.05) is 14.1 Å². The van der Waals surface area contributed by atoms with Crippen LogP contribution in [0.1, 0.15) is 44.9 Å². The molecule has 0 aromatic heterocycles. The minimum atomic E-state index is -3.09. The molecule has 2 aliphatic heterocycles. The number of hydrogen-bond acceptors (Lipinski definition) is 4. The molecule has 3 fully saturated rings. The Kier molecular flexibility index (Phi) is 4.73. The van der Waals surface area contributed by atoms with Gasteiger partial charge in [0.2, 0.25) is 15.9 Å². The van der Waals surface area contributed by atoms with Crippen molar-refractivity contribution in [3.05, 3.63) is 0 Å². The molecule has 1 aliphatic carbocycles. The number of nitrogens with zero attached hydrogens (tertiary/aromatic N) is 3. The fraction of sp³-hybridized carbons (Fsp3) is 0.938. The van der Waals surface area contributed by atoms with Gasteiger partial charge >= 0.3 is 0 Å². The number of carbonyl (C=O) groups excluding carboxylic acids is 1. The lowest BCUT2D eigenvalue weighted by Gasteiger charge is -2.38. The highest BCUT2D eigenvalue weighted by Gasteiger charge is 2.48. The second-order valence-corrected chi connectivity index (χ2v) is 9.78. The molecule has 0 aromatic rings. The average molecular weight is 343 g/mol. The van der Waals surface area contributed by atoms with Gasteiger partial charge in [-0.05, 0) is 52.6 Å². The first-order chi connectivity index (χ1) is 10.8. The van der Waals surface area contributed by atoms with E-state index < -0.39 is 10.0 Å². The van der Waals surface area contributed by atoms with Crippen molar-refractivity contribution in [2.45, 2.75) is 55.7 Å². The number of likely N-dealkylation sites (N-methyl/N-ethyl adjacent to an activating group) is 1. The Morgan fingerprint density at radius 2 is 1.91 bits per heavy atom. The van der Waals surface area contributed by atoms with E-state index in [9.17, 15) is 13.2 Å². The van der Waals surface area contributed by atoms with Crippen LogP contribution in [0, 0.1) is 0 Å². The van der Waals surface area contributed by atoms with E-state index in [0.717, 1.165) is 51.6 Å². The maximum atomic E-state index is 12.5. The van der Waals surface area contributed by atoms with Crippen LogP contribution in [0.15, 0.2) is 0 Å². The van der Waals surface area contributed by atoms with Gasteiger partial charge in [-0.25, -0.2) is 12.7 Å². The largest absolute Gasteiger partial charge is 0.336 e. The molecular formula is C16H29N3O3S. The van der Waals surface area contributed by atoms with Crippen LogP contribution < -0.4 is 0 Å². The van der Waals surface area contributed by atoms with Gasteiger partial charge in [0.15, 0.2) is 0 Å². The summed E-state index contributed by atoms with van der Waals surface area (Å²) in [5.41, 5.74) is -0.110. The van der Waals surface area contributed by atoms with E-state index >= 15 is 0 Å². The van der Waals surface area contributed by atoms with E-state index in [0.29, 0.717) is 19.5 Å². The monoisotopic (exact) mass is 343 g/mol. The second kappa shape index (κ2) is 6.33. The van der Waals surface area contributed by atoms with E-state index in [-0.39, 0.29) is 16.7 Å². The van der Waals surface area contributed by atoms with Crippen LogP contribution >= 0.6 is 0 Å². The number of carbonyl (C=O) groups is 1. The van der Waals surface area contributed by atoms with Crippen LogP contribution in [0.5, 0.6) is 0 Å². The van der Waals surface area contributed by atoms with Gasteiger partial charge in [0.05, 0.1) is 5.25 Å². The molecule has 0 aromatic carbocycles. The molecule has 3 aliphatic rings. The van der Waals surface area contributed by atoms with Gasteiger partial charge in [0.1, 0.15) is 0 Å². The summed E-state index contributed by atoms with van der Waals surface area (Å²) in [6.07, 6.45) is 5.72. The lowest BCUT2D eigenvalue weighted by Crippen LogP contribution is -2.49. The molecule has 132 valence electrons. The Labute approximate surface area is 139 Å². The van der Waals surface area contributed by atoms with Gasteiger partial charge in [-0.1, -0.05) is 0 Å². The fourth-order valence-corrected chi connectivity index (χ4v) is 5.92. The molecular weight excluding hydrogens is 314 g/mol. The molecule has 1 saturated carbocycles. The van der Waals surface area contributed by atoms with E-state index in [2.05, 4.69) is 9.80 Å². The Morgan fingerprint density at radius 1 is 1.17 bits per heavy atom. The lowest BCUT2D eigenvalue weighted by atomic mass is 9.88. The summed E-state index contributed by atoms with van der Waals surface area (Å²) >= 11 is 0. The normalized spacial score (nSPS) is 30.4. The number of rotatable bonds is 5. The SMILES string of the molecule is CN(C)CCN1C(=O)CC[C@]12CCCN(S(=O)(=O)C1CC1)CC2. The molecule has 7 heteroatoms. The van der Waals surface area contributed by atoms with Crippen molar-refractivity contribution in [2.24, 2.45) is 0 Å². The van der Waals surface area contributed by atoms with E-state index in [4.69, 9.17) is 0 Å². The first-order valence-electron chi connectivity index (χ1n) is 8.79. The Hall–Kier alpha value is -0.660. The van der Waals surface area contributed by atoms with Gasteiger partial charge in [0.25, 0.3) is 0 Å². The van der Waals surface area contributed by atoms with Crippen LogP contribution in [0.3, 0.4) is 0 Å². The topological polar surface area (TPSA) is 60.9 Å². The van der Waals surface area contributed by atoms with Gasteiger partial charge in [-0.2, -0.15) is 0 Å². The number of hydrogen-bond donors (Lipinski definition) is 0. The summed E-state index contributed by atoms with van der Waals surface area (Å²) in [6.45, 7) is 2.81. The first kappa shape index (κ1) is 17.2. The molecule has 0 N–H and O–H groups in total. The maximum absolute atomic E-state index is 12.5. The van der Waals surface area contributed by atoms with Gasteiger partial charge in [-0.15, -0.1) is 0 Å². The molecule has 0 unspecified atom stereocenters. The van der Waals surface area contributed by atoms with Crippen molar-refractivity contribution < 1.29 is 13.2 Å². The van der Waals surface area contributed by atoms with E-state index in [1.165, 1.54) is 0 Å². The molecule has 2 heterocycles. The summed E-state index contributed by atoms with van der Waals surface area (Å²) < 4.78 is 26.7. The second-order valence-electron chi connectivity index (χ2n) is 7.57. The summed E-state index contributed by atoms with van der Waals surface area (Å²) in [4.78, 5) is 16.5. The maximum Gasteiger partial charge on any atom is 0.223 e. The van der Waals surface area contributed by atoms with Crippen LogP contribution in [0.2, 0.25) is 0 Å². The molecule has 1 amide bonds. The smallest absolute Gasteiger partial charge is 0.223 e. The summed E-state index contributed by atoms with van der Waals surface area (Å²) in [7, 11) is 0.943. The Balaban J connectivity index is 1.71. The molecule has 1 atom stereocenters. The molecule has 2 saturated heterocycles. The zero-order valence-corrected chi connectivity index (χ0v) is 15.1. The third-order valence-electron chi connectivity index (χ3n) is 5.63. The molecule has 0 bridgehead atoms. The van der Waals surface area contributed by atoms with Crippen LogP contribution in [0.25, 0.3) is 0 Å². The highest BCUT2D eigenvalue weighted by atomic mass is 32.2.